The standard InChI is InChI=1S/C22H44O2Si/c1-7-17-13-11-15-21(19(17)9-3)25(23-5,24-6)22-16-12-14-18(8-2)20(22)10-4/h17-22H,7-16H2,1-6H3. The molecule has 0 aliphatic heterocycles. The first-order valence-corrected chi connectivity index (χ1v) is 13.2. The predicted molar refractivity (Wildman–Crippen MR) is 110 cm³/mol. The van der Waals surface area contributed by atoms with E-state index < -0.39 is 8.56 Å². The van der Waals surface area contributed by atoms with Gasteiger partial charge in [0.15, 0.2) is 0 Å². The van der Waals surface area contributed by atoms with Crippen LogP contribution in [0.25, 0.3) is 0 Å². The zero-order valence-corrected chi connectivity index (χ0v) is 18.9. The molecular weight excluding hydrogens is 324 g/mol. The molecule has 6 atom stereocenters. The van der Waals surface area contributed by atoms with Gasteiger partial charge in [0, 0.05) is 25.3 Å². The van der Waals surface area contributed by atoms with Crippen molar-refractivity contribution >= 4 is 8.56 Å². The van der Waals surface area contributed by atoms with Crippen LogP contribution in [-0.2, 0) is 8.85 Å². The molecule has 2 fully saturated rings. The molecule has 2 saturated carbocycles. The van der Waals surface area contributed by atoms with Crippen LogP contribution in [0, 0.1) is 23.7 Å². The molecule has 0 N–H and O–H groups in total. The van der Waals surface area contributed by atoms with E-state index in [4.69, 9.17) is 8.85 Å². The molecule has 0 amide bonds. The van der Waals surface area contributed by atoms with Gasteiger partial charge in [0.25, 0.3) is 0 Å². The van der Waals surface area contributed by atoms with Crippen LogP contribution >= 0.6 is 0 Å². The van der Waals surface area contributed by atoms with E-state index in [0.29, 0.717) is 11.1 Å². The van der Waals surface area contributed by atoms with Crippen LogP contribution in [0.15, 0.2) is 0 Å². The molecule has 2 aliphatic rings. The molecule has 0 aromatic rings. The Hall–Kier alpha value is 0.137. The van der Waals surface area contributed by atoms with Crippen LogP contribution in [0.2, 0.25) is 11.1 Å². The first kappa shape index (κ1) is 21.4. The monoisotopic (exact) mass is 368 g/mol. The van der Waals surface area contributed by atoms with Gasteiger partial charge in [0.2, 0.25) is 0 Å². The Kier molecular flexibility index (Phi) is 8.48. The van der Waals surface area contributed by atoms with E-state index in [-0.39, 0.29) is 0 Å². The van der Waals surface area contributed by atoms with Gasteiger partial charge in [0.1, 0.15) is 0 Å². The first-order chi connectivity index (χ1) is 12.1. The summed E-state index contributed by atoms with van der Waals surface area (Å²) in [5.74, 6) is 3.38. The Morgan fingerprint density at radius 1 is 0.640 bits per heavy atom. The van der Waals surface area contributed by atoms with E-state index in [1.54, 1.807) is 0 Å². The molecule has 6 unspecified atom stereocenters. The molecule has 25 heavy (non-hydrogen) atoms. The van der Waals surface area contributed by atoms with Gasteiger partial charge < -0.3 is 8.85 Å². The molecule has 0 aromatic carbocycles. The Labute approximate surface area is 158 Å². The summed E-state index contributed by atoms with van der Waals surface area (Å²) in [6.07, 6.45) is 13.5. The lowest BCUT2D eigenvalue weighted by Gasteiger charge is -2.52. The van der Waals surface area contributed by atoms with Gasteiger partial charge in [-0.1, -0.05) is 79.1 Å². The summed E-state index contributed by atoms with van der Waals surface area (Å²) >= 11 is 0. The van der Waals surface area contributed by atoms with Crippen molar-refractivity contribution in [1.82, 2.24) is 0 Å². The third kappa shape index (κ3) is 4.04. The SMILES string of the molecule is CCC1CCCC([Si](OC)(OC)C2CCCC(CC)C2CC)C1CC. The van der Waals surface area contributed by atoms with Gasteiger partial charge in [-0.05, 0) is 36.5 Å². The largest absolute Gasteiger partial charge is 0.397 e. The zero-order valence-electron chi connectivity index (χ0n) is 17.9. The highest BCUT2D eigenvalue weighted by Crippen LogP contribution is 2.57. The molecule has 0 aromatic heterocycles. The van der Waals surface area contributed by atoms with Gasteiger partial charge in [-0.15, -0.1) is 0 Å². The molecule has 0 saturated heterocycles. The van der Waals surface area contributed by atoms with Crippen molar-refractivity contribution in [2.45, 2.75) is 103 Å². The van der Waals surface area contributed by atoms with Crippen molar-refractivity contribution in [3.05, 3.63) is 0 Å². The minimum Gasteiger partial charge on any atom is -0.397 e. The average molecular weight is 369 g/mol. The highest BCUT2D eigenvalue weighted by molar-refractivity contribution is 6.70. The van der Waals surface area contributed by atoms with Crippen LogP contribution in [0.5, 0.6) is 0 Å². The van der Waals surface area contributed by atoms with Crippen LogP contribution in [-0.4, -0.2) is 22.8 Å². The van der Waals surface area contributed by atoms with Crippen molar-refractivity contribution in [2.75, 3.05) is 14.2 Å². The van der Waals surface area contributed by atoms with E-state index in [1.165, 1.54) is 64.2 Å². The summed E-state index contributed by atoms with van der Waals surface area (Å²) < 4.78 is 13.1. The molecule has 0 heterocycles. The molecular formula is C22H44O2Si. The van der Waals surface area contributed by atoms with Crippen LogP contribution in [0.1, 0.15) is 91.9 Å². The normalized spacial score (nSPS) is 37.2. The number of hydrogen-bond acceptors (Lipinski definition) is 2. The predicted octanol–water partition coefficient (Wildman–Crippen LogP) is 6.93. The second-order valence-electron chi connectivity index (χ2n) is 8.69. The van der Waals surface area contributed by atoms with Gasteiger partial charge in [-0.25, -0.2) is 0 Å². The maximum absolute atomic E-state index is 6.53. The maximum Gasteiger partial charge on any atom is 0.344 e. The second-order valence-corrected chi connectivity index (χ2v) is 12.4. The highest BCUT2D eigenvalue weighted by atomic mass is 28.4. The quantitative estimate of drug-likeness (QED) is 0.432. The van der Waals surface area contributed by atoms with E-state index in [1.807, 2.05) is 14.2 Å². The van der Waals surface area contributed by atoms with E-state index in [0.717, 1.165) is 23.7 Å². The molecule has 0 spiro atoms. The van der Waals surface area contributed by atoms with Crippen LogP contribution in [0.4, 0.5) is 0 Å². The Balaban J connectivity index is 2.38. The summed E-state index contributed by atoms with van der Waals surface area (Å²) in [5.41, 5.74) is 1.39. The molecule has 2 nitrogen and oxygen atoms in total. The highest BCUT2D eigenvalue weighted by Gasteiger charge is 2.58. The van der Waals surface area contributed by atoms with E-state index in [9.17, 15) is 0 Å². The lowest BCUT2D eigenvalue weighted by molar-refractivity contribution is 0.116. The molecule has 0 radical (unpaired) electrons. The van der Waals surface area contributed by atoms with Crippen molar-refractivity contribution in [3.8, 4) is 0 Å². The van der Waals surface area contributed by atoms with Gasteiger partial charge in [-0.3, -0.25) is 0 Å². The van der Waals surface area contributed by atoms with Crippen molar-refractivity contribution in [3.63, 3.8) is 0 Å². The van der Waals surface area contributed by atoms with E-state index in [2.05, 4.69) is 27.7 Å². The third-order valence-corrected chi connectivity index (χ3v) is 12.9. The maximum atomic E-state index is 6.53. The smallest absolute Gasteiger partial charge is 0.344 e. The van der Waals surface area contributed by atoms with Crippen LogP contribution in [0.3, 0.4) is 0 Å². The lowest BCUT2D eigenvalue weighted by atomic mass is 9.75. The first-order valence-electron chi connectivity index (χ1n) is 11.2. The minimum atomic E-state index is -2.23. The van der Waals surface area contributed by atoms with Crippen LogP contribution < -0.4 is 0 Å². The molecule has 148 valence electrons. The topological polar surface area (TPSA) is 18.5 Å². The van der Waals surface area contributed by atoms with Crippen molar-refractivity contribution < 1.29 is 8.85 Å². The number of hydrogen-bond donors (Lipinski definition) is 0. The fraction of sp³-hybridized carbons (Fsp3) is 1.00. The Morgan fingerprint density at radius 2 is 1.04 bits per heavy atom. The summed E-state index contributed by atoms with van der Waals surface area (Å²) in [4.78, 5) is 0. The molecule has 3 heteroatoms. The Bertz CT molecular complexity index is 350. The minimum absolute atomic E-state index is 0.695. The van der Waals surface area contributed by atoms with Gasteiger partial charge in [0.05, 0.1) is 0 Å². The zero-order chi connectivity index (χ0) is 18.4. The fourth-order valence-electron chi connectivity index (χ4n) is 6.93. The summed E-state index contributed by atoms with van der Waals surface area (Å²) in [5, 5.41) is 0. The number of rotatable bonds is 8. The lowest BCUT2D eigenvalue weighted by Crippen LogP contribution is -2.56. The van der Waals surface area contributed by atoms with E-state index >= 15 is 0 Å². The summed E-state index contributed by atoms with van der Waals surface area (Å²) in [6, 6.07) is 0. The summed E-state index contributed by atoms with van der Waals surface area (Å²) in [6.45, 7) is 9.59. The van der Waals surface area contributed by atoms with Gasteiger partial charge >= 0.3 is 8.56 Å². The van der Waals surface area contributed by atoms with Crippen molar-refractivity contribution in [2.24, 2.45) is 23.7 Å². The molecule has 0 bridgehead atoms. The van der Waals surface area contributed by atoms with Gasteiger partial charge in [-0.2, -0.15) is 0 Å². The fourth-order valence-corrected chi connectivity index (χ4v) is 12.3. The van der Waals surface area contributed by atoms with Crippen molar-refractivity contribution in [1.29, 1.82) is 0 Å². The second kappa shape index (κ2) is 9.89. The Morgan fingerprint density at radius 3 is 1.32 bits per heavy atom. The average Bonchev–Trinajstić information content (AvgIpc) is 2.68. The third-order valence-electron chi connectivity index (χ3n) is 8.09. The summed E-state index contributed by atoms with van der Waals surface area (Å²) in [7, 11) is 1.75. The molecule has 2 rings (SSSR count). The molecule has 2 aliphatic carbocycles.